The van der Waals surface area contributed by atoms with Crippen LogP contribution in [-0.4, -0.2) is 28.0 Å². The van der Waals surface area contributed by atoms with Gasteiger partial charge < -0.3 is 10.2 Å². The minimum Gasteiger partial charge on any atom is -0.481 e. The number of carboxylic acid groups (broad SMARTS) is 1. The van der Waals surface area contributed by atoms with Crippen molar-refractivity contribution < 1.29 is 28.2 Å². The molecule has 0 aromatic carbocycles. The maximum atomic E-state index is 12.7. The van der Waals surface area contributed by atoms with E-state index in [4.69, 9.17) is 5.11 Å². The van der Waals surface area contributed by atoms with Gasteiger partial charge in [-0.1, -0.05) is 13.3 Å². The molecule has 3 nitrogen and oxygen atoms in total. The molecule has 0 amide bonds. The van der Waals surface area contributed by atoms with Crippen molar-refractivity contribution in [2.45, 2.75) is 51.3 Å². The van der Waals surface area contributed by atoms with E-state index in [0.29, 0.717) is 6.42 Å². The molecular formula is C11H17F3O3. The van der Waals surface area contributed by atoms with E-state index in [2.05, 4.69) is 0 Å². The Bertz CT molecular complexity index is 316. The number of aliphatic carboxylic acids is 1. The van der Waals surface area contributed by atoms with Crippen LogP contribution >= 0.6 is 0 Å². The number of carboxylic acids is 1. The van der Waals surface area contributed by atoms with Gasteiger partial charge in [0.05, 0.1) is 5.41 Å². The summed E-state index contributed by atoms with van der Waals surface area (Å²) >= 11 is 0. The number of rotatable bonds is 2. The van der Waals surface area contributed by atoms with Crippen LogP contribution in [-0.2, 0) is 4.79 Å². The molecule has 1 aliphatic carbocycles. The smallest absolute Gasteiger partial charge is 0.417 e. The molecule has 3 atom stereocenters. The summed E-state index contributed by atoms with van der Waals surface area (Å²) < 4.78 is 38.1. The summed E-state index contributed by atoms with van der Waals surface area (Å²) in [6, 6.07) is 0. The molecule has 1 fully saturated rings. The molecule has 0 spiro atoms. The van der Waals surface area contributed by atoms with E-state index in [1.54, 1.807) is 6.92 Å². The van der Waals surface area contributed by atoms with Crippen molar-refractivity contribution in [3.63, 3.8) is 0 Å². The second-order valence-corrected chi connectivity index (χ2v) is 5.06. The van der Waals surface area contributed by atoms with Gasteiger partial charge in [0, 0.05) is 0 Å². The lowest BCUT2D eigenvalue weighted by Gasteiger charge is -2.45. The van der Waals surface area contributed by atoms with Gasteiger partial charge in [-0.3, -0.25) is 4.79 Å². The van der Waals surface area contributed by atoms with E-state index in [9.17, 15) is 23.1 Å². The quantitative estimate of drug-likeness (QED) is 0.796. The van der Waals surface area contributed by atoms with Crippen LogP contribution in [0.3, 0.4) is 0 Å². The minimum atomic E-state index is -4.69. The third kappa shape index (κ3) is 2.27. The lowest BCUT2D eigenvalue weighted by Crippen LogP contribution is -2.54. The van der Waals surface area contributed by atoms with Gasteiger partial charge in [0.25, 0.3) is 0 Å². The highest BCUT2D eigenvalue weighted by Gasteiger charge is 2.60. The zero-order valence-electron chi connectivity index (χ0n) is 9.84. The van der Waals surface area contributed by atoms with Crippen LogP contribution in [0.2, 0.25) is 0 Å². The molecule has 0 bridgehead atoms. The molecule has 2 N–H and O–H groups in total. The van der Waals surface area contributed by atoms with Crippen molar-refractivity contribution in [3.05, 3.63) is 0 Å². The second-order valence-electron chi connectivity index (χ2n) is 5.06. The van der Waals surface area contributed by atoms with E-state index in [1.165, 1.54) is 6.92 Å². The Morgan fingerprint density at radius 2 is 1.94 bits per heavy atom. The fourth-order valence-electron chi connectivity index (χ4n) is 2.54. The van der Waals surface area contributed by atoms with Crippen molar-refractivity contribution in [3.8, 4) is 0 Å². The zero-order chi connectivity index (χ0) is 13.5. The van der Waals surface area contributed by atoms with E-state index in [-0.39, 0.29) is 6.42 Å². The van der Waals surface area contributed by atoms with Gasteiger partial charge in [-0.05, 0) is 32.1 Å². The standard InChI is InChI=1S/C11H17F3O3/c1-3-7-6-10(17,11(12,13)14)5-4-9(7,2)8(15)16/h7,17H,3-6H2,1-2H3,(H,15,16). The van der Waals surface area contributed by atoms with Crippen molar-refractivity contribution >= 4 is 5.97 Å². The van der Waals surface area contributed by atoms with Crippen LogP contribution in [0.25, 0.3) is 0 Å². The molecule has 100 valence electrons. The summed E-state index contributed by atoms with van der Waals surface area (Å²) in [6.45, 7) is 3.10. The molecule has 1 saturated carbocycles. The molecule has 3 unspecified atom stereocenters. The minimum absolute atomic E-state index is 0.156. The molecule has 6 heteroatoms. The van der Waals surface area contributed by atoms with Crippen molar-refractivity contribution in [1.82, 2.24) is 0 Å². The number of halogens is 3. The fourth-order valence-corrected chi connectivity index (χ4v) is 2.54. The van der Waals surface area contributed by atoms with Crippen LogP contribution < -0.4 is 0 Å². The maximum Gasteiger partial charge on any atom is 0.417 e. The van der Waals surface area contributed by atoms with Gasteiger partial charge in [0.1, 0.15) is 0 Å². The summed E-state index contributed by atoms with van der Waals surface area (Å²) in [6.07, 6.45) is -5.62. The maximum absolute atomic E-state index is 12.7. The van der Waals surface area contributed by atoms with Crippen molar-refractivity contribution in [2.75, 3.05) is 0 Å². The van der Waals surface area contributed by atoms with Crippen molar-refractivity contribution in [2.24, 2.45) is 11.3 Å². The van der Waals surface area contributed by atoms with Crippen molar-refractivity contribution in [1.29, 1.82) is 0 Å². The molecule has 0 aromatic heterocycles. The number of alkyl halides is 3. The van der Waals surface area contributed by atoms with Crippen LogP contribution in [0.1, 0.15) is 39.5 Å². The number of hydrogen-bond donors (Lipinski definition) is 2. The highest BCUT2D eigenvalue weighted by Crippen LogP contribution is 2.51. The van der Waals surface area contributed by atoms with Gasteiger partial charge in [0.2, 0.25) is 0 Å². The van der Waals surface area contributed by atoms with E-state index >= 15 is 0 Å². The Kier molecular flexibility index (Phi) is 3.49. The summed E-state index contributed by atoms with van der Waals surface area (Å²) in [5.41, 5.74) is -3.91. The first-order valence-corrected chi connectivity index (χ1v) is 5.59. The summed E-state index contributed by atoms with van der Waals surface area (Å²) in [5, 5.41) is 18.7. The monoisotopic (exact) mass is 254 g/mol. The largest absolute Gasteiger partial charge is 0.481 e. The Morgan fingerprint density at radius 3 is 2.29 bits per heavy atom. The first-order chi connectivity index (χ1) is 7.57. The summed E-state index contributed by atoms with van der Waals surface area (Å²) in [7, 11) is 0. The SMILES string of the molecule is CCC1CC(O)(C(F)(F)F)CCC1(C)C(=O)O. The summed E-state index contributed by atoms with van der Waals surface area (Å²) in [5.74, 6) is -1.76. The van der Waals surface area contributed by atoms with E-state index < -0.39 is 41.9 Å². The molecule has 0 saturated heterocycles. The van der Waals surface area contributed by atoms with Crippen LogP contribution in [0.4, 0.5) is 13.2 Å². The van der Waals surface area contributed by atoms with Crippen LogP contribution in [0.5, 0.6) is 0 Å². The average Bonchev–Trinajstić information content (AvgIpc) is 2.20. The van der Waals surface area contributed by atoms with Gasteiger partial charge in [-0.15, -0.1) is 0 Å². The lowest BCUT2D eigenvalue weighted by molar-refractivity contribution is -0.282. The Hall–Kier alpha value is -0.780. The number of carbonyl (C=O) groups is 1. The predicted octanol–water partition coefficient (Wildman–Crippen LogP) is 2.58. The first-order valence-electron chi connectivity index (χ1n) is 5.59. The van der Waals surface area contributed by atoms with Gasteiger partial charge in [-0.2, -0.15) is 13.2 Å². The topological polar surface area (TPSA) is 57.5 Å². The predicted molar refractivity (Wildman–Crippen MR) is 54.4 cm³/mol. The fraction of sp³-hybridized carbons (Fsp3) is 0.909. The van der Waals surface area contributed by atoms with E-state index in [1.807, 2.05) is 0 Å². The van der Waals surface area contributed by atoms with Gasteiger partial charge in [0.15, 0.2) is 5.60 Å². The third-order valence-electron chi connectivity index (χ3n) is 4.05. The van der Waals surface area contributed by atoms with Gasteiger partial charge >= 0.3 is 12.1 Å². The zero-order valence-corrected chi connectivity index (χ0v) is 9.84. The average molecular weight is 254 g/mol. The Morgan fingerprint density at radius 1 is 1.41 bits per heavy atom. The van der Waals surface area contributed by atoms with Crippen LogP contribution in [0, 0.1) is 11.3 Å². The molecule has 0 aliphatic heterocycles. The lowest BCUT2D eigenvalue weighted by atomic mass is 9.61. The molecular weight excluding hydrogens is 237 g/mol. The molecule has 0 aromatic rings. The molecule has 0 heterocycles. The Labute approximate surface area is 97.6 Å². The second kappa shape index (κ2) is 4.15. The first kappa shape index (κ1) is 14.3. The molecule has 17 heavy (non-hydrogen) atoms. The third-order valence-corrected chi connectivity index (χ3v) is 4.05. The summed E-state index contributed by atoms with van der Waals surface area (Å²) in [4.78, 5) is 11.1. The number of hydrogen-bond acceptors (Lipinski definition) is 2. The normalized spacial score (nSPS) is 39.1. The molecule has 0 radical (unpaired) electrons. The van der Waals surface area contributed by atoms with E-state index in [0.717, 1.165) is 0 Å². The molecule has 1 rings (SSSR count). The molecule has 1 aliphatic rings. The number of aliphatic hydroxyl groups is 1. The Balaban J connectivity index is 2.99. The highest BCUT2D eigenvalue weighted by molar-refractivity contribution is 5.74. The van der Waals surface area contributed by atoms with Gasteiger partial charge in [-0.25, -0.2) is 0 Å². The highest BCUT2D eigenvalue weighted by atomic mass is 19.4. The van der Waals surface area contributed by atoms with Crippen LogP contribution in [0.15, 0.2) is 0 Å².